The normalized spacial score (nSPS) is 46.4. The smallest absolute Gasteiger partial charge is 0.0488 e. The van der Waals surface area contributed by atoms with E-state index in [1.807, 2.05) is 0 Å². The molecule has 0 amide bonds. The van der Waals surface area contributed by atoms with E-state index in [9.17, 15) is 0 Å². The fourth-order valence-corrected chi connectivity index (χ4v) is 2.98. The van der Waals surface area contributed by atoms with Gasteiger partial charge in [-0.25, -0.2) is 0 Å². The molecule has 2 nitrogen and oxygen atoms in total. The second kappa shape index (κ2) is 2.20. The van der Waals surface area contributed by atoms with Crippen molar-refractivity contribution in [3.8, 4) is 0 Å². The second-order valence-electron chi connectivity index (χ2n) is 4.43. The summed E-state index contributed by atoms with van der Waals surface area (Å²) in [4.78, 5) is 0. The maximum atomic E-state index is 8.99. The summed E-state index contributed by atoms with van der Waals surface area (Å²) in [7, 11) is 1.76. The molecule has 0 aromatic rings. The molecule has 0 aromatic heterocycles. The quantitative estimate of drug-likeness (QED) is 0.662. The van der Waals surface area contributed by atoms with Crippen LogP contribution in [0.1, 0.15) is 25.7 Å². The van der Waals surface area contributed by atoms with Crippen molar-refractivity contribution < 1.29 is 9.84 Å². The number of aliphatic hydroxyl groups excluding tert-OH is 1. The summed E-state index contributed by atoms with van der Waals surface area (Å²) in [6, 6.07) is 0. The maximum absolute atomic E-state index is 8.99. The van der Waals surface area contributed by atoms with Gasteiger partial charge in [-0.1, -0.05) is 0 Å². The van der Waals surface area contributed by atoms with Gasteiger partial charge in [0.2, 0.25) is 0 Å². The summed E-state index contributed by atoms with van der Waals surface area (Å²) in [6.07, 6.45) is 4.95. The van der Waals surface area contributed by atoms with Crippen LogP contribution in [0.4, 0.5) is 0 Å². The van der Waals surface area contributed by atoms with Crippen LogP contribution in [0.15, 0.2) is 0 Å². The molecule has 2 bridgehead atoms. The van der Waals surface area contributed by atoms with Crippen molar-refractivity contribution >= 4 is 0 Å². The molecule has 3 aliphatic carbocycles. The Morgan fingerprint density at radius 3 is 2.36 bits per heavy atom. The van der Waals surface area contributed by atoms with Gasteiger partial charge in [-0.3, -0.25) is 0 Å². The van der Waals surface area contributed by atoms with Crippen molar-refractivity contribution in [1.29, 1.82) is 0 Å². The Kier molecular flexibility index (Phi) is 1.52. The molecule has 0 radical (unpaired) electrons. The van der Waals surface area contributed by atoms with Crippen molar-refractivity contribution in [3.63, 3.8) is 0 Å². The minimum Gasteiger partial charge on any atom is -0.396 e. The Hall–Kier alpha value is -0.0800. The number of rotatable bonds is 4. The number of ether oxygens (including phenoxy) is 1. The van der Waals surface area contributed by atoms with Gasteiger partial charge in [0.15, 0.2) is 0 Å². The van der Waals surface area contributed by atoms with Crippen molar-refractivity contribution in [2.24, 2.45) is 10.8 Å². The fraction of sp³-hybridized carbons (Fsp3) is 1.00. The number of hydrogen-bond donors (Lipinski definition) is 1. The molecule has 0 unspecified atom stereocenters. The van der Waals surface area contributed by atoms with Crippen LogP contribution in [0.3, 0.4) is 0 Å². The first-order valence-corrected chi connectivity index (χ1v) is 4.34. The molecule has 64 valence electrons. The molecule has 1 N–H and O–H groups in total. The standard InChI is InChI=1S/C9H16O2/c1-11-3-2-8-4-9(5-8,6-8)7-10/h10H,2-7H2,1H3. The molecule has 3 saturated carbocycles. The monoisotopic (exact) mass is 156 g/mol. The lowest BCUT2D eigenvalue weighted by atomic mass is 9.34. The zero-order valence-corrected chi connectivity index (χ0v) is 7.10. The van der Waals surface area contributed by atoms with Crippen molar-refractivity contribution in [3.05, 3.63) is 0 Å². The van der Waals surface area contributed by atoms with Crippen molar-refractivity contribution in [2.45, 2.75) is 25.7 Å². The summed E-state index contributed by atoms with van der Waals surface area (Å²) in [5.41, 5.74) is 0.965. The largest absolute Gasteiger partial charge is 0.396 e. The number of hydrogen-bond acceptors (Lipinski definition) is 2. The molecule has 0 heterocycles. The van der Waals surface area contributed by atoms with Crippen LogP contribution in [0.5, 0.6) is 0 Å². The molecule has 0 atom stereocenters. The molecule has 11 heavy (non-hydrogen) atoms. The van der Waals surface area contributed by atoms with Crippen molar-refractivity contribution in [2.75, 3.05) is 20.3 Å². The van der Waals surface area contributed by atoms with E-state index in [0.717, 1.165) is 6.61 Å². The number of aliphatic hydroxyl groups is 1. The van der Waals surface area contributed by atoms with Gasteiger partial charge in [-0.05, 0) is 36.5 Å². The maximum Gasteiger partial charge on any atom is 0.0488 e. The minimum atomic E-state index is 0.369. The van der Waals surface area contributed by atoms with Crippen LogP contribution in [-0.2, 0) is 4.74 Å². The molecule has 3 rings (SSSR count). The summed E-state index contributed by atoms with van der Waals surface area (Å²) in [6.45, 7) is 1.29. The molecule has 0 spiro atoms. The van der Waals surface area contributed by atoms with Crippen LogP contribution in [0.25, 0.3) is 0 Å². The topological polar surface area (TPSA) is 29.5 Å². The summed E-state index contributed by atoms with van der Waals surface area (Å²) >= 11 is 0. The minimum absolute atomic E-state index is 0.369. The molecular weight excluding hydrogens is 140 g/mol. The van der Waals surface area contributed by atoms with Gasteiger partial charge >= 0.3 is 0 Å². The van der Waals surface area contributed by atoms with Crippen LogP contribution < -0.4 is 0 Å². The molecule has 0 aliphatic heterocycles. The highest BCUT2D eigenvalue weighted by Gasteiger charge is 2.66. The van der Waals surface area contributed by atoms with Gasteiger partial charge in [-0.2, -0.15) is 0 Å². The summed E-state index contributed by atoms with van der Waals surface area (Å²) < 4.78 is 5.04. The van der Waals surface area contributed by atoms with Crippen LogP contribution >= 0.6 is 0 Å². The Morgan fingerprint density at radius 2 is 1.91 bits per heavy atom. The third-order valence-electron chi connectivity index (χ3n) is 3.42. The Bertz CT molecular complexity index is 139. The van der Waals surface area contributed by atoms with Crippen LogP contribution in [0, 0.1) is 10.8 Å². The van der Waals surface area contributed by atoms with E-state index in [2.05, 4.69) is 0 Å². The highest BCUT2D eigenvalue weighted by atomic mass is 16.5. The molecule has 0 aromatic carbocycles. The second-order valence-corrected chi connectivity index (χ2v) is 4.43. The number of methoxy groups -OCH3 is 1. The van der Waals surface area contributed by atoms with E-state index in [1.165, 1.54) is 25.7 Å². The first-order valence-electron chi connectivity index (χ1n) is 4.34. The Labute approximate surface area is 67.6 Å². The van der Waals surface area contributed by atoms with Gasteiger partial charge in [0.05, 0.1) is 0 Å². The molecule has 2 heteroatoms. The average Bonchev–Trinajstić information content (AvgIpc) is 1.83. The zero-order valence-electron chi connectivity index (χ0n) is 7.10. The van der Waals surface area contributed by atoms with Gasteiger partial charge in [0.1, 0.15) is 0 Å². The summed E-state index contributed by atoms with van der Waals surface area (Å²) in [5, 5.41) is 8.99. The van der Waals surface area contributed by atoms with E-state index in [1.54, 1.807) is 7.11 Å². The third kappa shape index (κ3) is 0.926. The predicted molar refractivity (Wildman–Crippen MR) is 42.3 cm³/mol. The van der Waals surface area contributed by atoms with Gasteiger partial charge in [0.25, 0.3) is 0 Å². The van der Waals surface area contributed by atoms with E-state index in [-0.39, 0.29) is 0 Å². The summed E-state index contributed by atoms with van der Waals surface area (Å²) in [5.74, 6) is 0. The zero-order chi connectivity index (χ0) is 7.95. The first-order chi connectivity index (χ1) is 5.24. The highest BCUT2D eigenvalue weighted by molar-refractivity contribution is 5.16. The fourth-order valence-electron chi connectivity index (χ4n) is 2.98. The highest BCUT2D eigenvalue weighted by Crippen LogP contribution is 2.74. The first kappa shape index (κ1) is 7.56. The van der Waals surface area contributed by atoms with E-state index in [4.69, 9.17) is 9.84 Å². The Balaban J connectivity index is 1.76. The van der Waals surface area contributed by atoms with Crippen LogP contribution in [0.2, 0.25) is 0 Å². The third-order valence-corrected chi connectivity index (χ3v) is 3.42. The molecule has 0 saturated heterocycles. The lowest BCUT2D eigenvalue weighted by Crippen LogP contribution is -2.63. The lowest BCUT2D eigenvalue weighted by Gasteiger charge is -2.70. The van der Waals surface area contributed by atoms with Crippen LogP contribution in [-0.4, -0.2) is 25.4 Å². The SMILES string of the molecule is COCCC12CC(CO)(C1)C2. The van der Waals surface area contributed by atoms with E-state index < -0.39 is 0 Å². The van der Waals surface area contributed by atoms with E-state index in [0.29, 0.717) is 17.4 Å². The Morgan fingerprint density at radius 1 is 1.27 bits per heavy atom. The molecule has 3 aliphatic rings. The molecule has 3 fully saturated rings. The average molecular weight is 156 g/mol. The van der Waals surface area contributed by atoms with Crippen molar-refractivity contribution in [1.82, 2.24) is 0 Å². The van der Waals surface area contributed by atoms with E-state index >= 15 is 0 Å². The van der Waals surface area contributed by atoms with Gasteiger partial charge < -0.3 is 9.84 Å². The lowest BCUT2D eigenvalue weighted by molar-refractivity contribution is -0.230. The van der Waals surface area contributed by atoms with Gasteiger partial charge in [-0.15, -0.1) is 0 Å². The predicted octanol–water partition coefficient (Wildman–Crippen LogP) is 1.19. The molecular formula is C9H16O2. The van der Waals surface area contributed by atoms with Gasteiger partial charge in [0, 0.05) is 20.3 Å².